The van der Waals surface area contributed by atoms with Gasteiger partial charge in [-0.05, 0) is 12.1 Å². The lowest BCUT2D eigenvalue weighted by Crippen LogP contribution is -2.33. The molecule has 0 aliphatic rings. The number of para-hydroxylation sites is 1. The van der Waals surface area contributed by atoms with Crippen molar-refractivity contribution in [1.29, 1.82) is 0 Å². The molecule has 2 aromatic rings. The molecule has 0 aliphatic carbocycles. The van der Waals surface area contributed by atoms with Crippen molar-refractivity contribution < 1.29 is 14.0 Å². The molecule has 1 heterocycles. The first-order valence-electron chi connectivity index (χ1n) is 5.29. The molecule has 0 radical (unpaired) electrons. The first-order chi connectivity index (χ1) is 8.70. The number of fused-ring (bicyclic) bond motifs is 1. The molecule has 2 rings (SSSR count). The number of carbonyl (C=O) groups excluding carboxylic acids is 2. The predicted octanol–water partition coefficient (Wildman–Crippen LogP) is 1.73. The summed E-state index contributed by atoms with van der Waals surface area (Å²) < 4.78 is 5.27. The Kier molecular flexibility index (Phi) is 3.84. The van der Waals surface area contributed by atoms with Crippen LogP contribution in [0.4, 0.5) is 5.69 Å². The maximum absolute atomic E-state index is 11.6. The van der Waals surface area contributed by atoms with Gasteiger partial charge in [-0.1, -0.05) is 12.1 Å². The lowest BCUT2D eigenvalue weighted by atomic mass is 10.2. The molecule has 1 aromatic carbocycles. The molecule has 0 unspecified atom stereocenters. The van der Waals surface area contributed by atoms with Gasteiger partial charge in [-0.25, -0.2) is 0 Å². The fraction of sp³-hybridized carbons (Fsp3) is 0.167. The van der Waals surface area contributed by atoms with Gasteiger partial charge in [0.2, 0.25) is 11.8 Å². The largest absolute Gasteiger partial charge is 0.462 e. The zero-order valence-corrected chi connectivity index (χ0v) is 10.2. The first kappa shape index (κ1) is 12.4. The summed E-state index contributed by atoms with van der Waals surface area (Å²) in [4.78, 5) is 22.5. The van der Waals surface area contributed by atoms with Crippen LogP contribution in [0.5, 0.6) is 0 Å². The minimum absolute atomic E-state index is 0.120. The van der Waals surface area contributed by atoms with E-state index in [0.717, 1.165) is 5.39 Å². The average Bonchev–Trinajstić information content (AvgIpc) is 2.79. The molecule has 0 spiro atoms. The van der Waals surface area contributed by atoms with Crippen LogP contribution in [0.3, 0.4) is 0 Å². The Hall–Kier alpha value is -2.01. The molecule has 18 heavy (non-hydrogen) atoms. The van der Waals surface area contributed by atoms with Crippen LogP contribution < -0.4 is 10.6 Å². The van der Waals surface area contributed by atoms with Crippen molar-refractivity contribution in [3.05, 3.63) is 30.5 Å². The van der Waals surface area contributed by atoms with Gasteiger partial charge in [-0.15, -0.1) is 11.6 Å². The van der Waals surface area contributed by atoms with Crippen LogP contribution in [0.2, 0.25) is 0 Å². The van der Waals surface area contributed by atoms with Gasteiger partial charge in [0.25, 0.3) is 0 Å². The molecule has 5 nitrogen and oxygen atoms in total. The van der Waals surface area contributed by atoms with Crippen molar-refractivity contribution >= 4 is 40.1 Å². The predicted molar refractivity (Wildman–Crippen MR) is 68.6 cm³/mol. The minimum Gasteiger partial charge on any atom is -0.462 e. The summed E-state index contributed by atoms with van der Waals surface area (Å²) in [6, 6.07) is 7.34. The normalized spacial score (nSPS) is 10.3. The molecule has 0 atom stereocenters. The van der Waals surface area contributed by atoms with Crippen LogP contribution in [0.1, 0.15) is 0 Å². The van der Waals surface area contributed by atoms with E-state index >= 15 is 0 Å². The number of hydrogen-bond donors (Lipinski definition) is 2. The quantitative estimate of drug-likeness (QED) is 0.828. The number of furan rings is 1. The number of carbonyl (C=O) groups is 2. The van der Waals surface area contributed by atoms with Crippen LogP contribution in [0, 0.1) is 0 Å². The molecular formula is C12H11ClN2O3. The molecule has 2 amide bonds. The maximum Gasteiger partial charge on any atom is 0.243 e. The number of alkyl halides is 1. The SMILES string of the molecule is O=C(CCl)NCC(=O)Nc1coc2ccccc12. The molecule has 6 heteroatoms. The van der Waals surface area contributed by atoms with Crippen molar-refractivity contribution in [3.8, 4) is 0 Å². The van der Waals surface area contributed by atoms with E-state index in [1.54, 1.807) is 6.07 Å². The van der Waals surface area contributed by atoms with Gasteiger partial charge < -0.3 is 15.1 Å². The van der Waals surface area contributed by atoms with Crippen LogP contribution in [-0.4, -0.2) is 24.2 Å². The average molecular weight is 267 g/mol. The Balaban J connectivity index is 2.01. The molecule has 1 aromatic heterocycles. The van der Waals surface area contributed by atoms with E-state index in [0.29, 0.717) is 11.3 Å². The number of hydrogen-bond acceptors (Lipinski definition) is 3. The third-order valence-corrected chi connectivity index (χ3v) is 2.57. The molecule has 0 saturated carbocycles. The van der Waals surface area contributed by atoms with E-state index in [1.165, 1.54) is 6.26 Å². The van der Waals surface area contributed by atoms with E-state index in [1.807, 2.05) is 18.2 Å². The Labute approximate surface area is 108 Å². The van der Waals surface area contributed by atoms with Gasteiger partial charge >= 0.3 is 0 Å². The van der Waals surface area contributed by atoms with Gasteiger partial charge in [-0.2, -0.15) is 0 Å². The summed E-state index contributed by atoms with van der Waals surface area (Å²) in [6.45, 7) is -0.120. The molecule has 94 valence electrons. The highest BCUT2D eigenvalue weighted by Crippen LogP contribution is 2.24. The fourth-order valence-electron chi connectivity index (χ4n) is 1.50. The highest BCUT2D eigenvalue weighted by molar-refractivity contribution is 6.27. The Morgan fingerprint density at radius 1 is 1.22 bits per heavy atom. The lowest BCUT2D eigenvalue weighted by Gasteiger charge is -2.03. The number of halogens is 1. The van der Waals surface area contributed by atoms with Gasteiger partial charge in [0.1, 0.15) is 17.7 Å². The van der Waals surface area contributed by atoms with Crippen molar-refractivity contribution in [2.45, 2.75) is 0 Å². The monoisotopic (exact) mass is 266 g/mol. The summed E-state index contributed by atoms with van der Waals surface area (Å²) in [7, 11) is 0. The fourth-order valence-corrected chi connectivity index (χ4v) is 1.59. The minimum atomic E-state index is -0.385. The van der Waals surface area contributed by atoms with E-state index in [4.69, 9.17) is 16.0 Å². The second kappa shape index (κ2) is 5.55. The summed E-state index contributed by atoms with van der Waals surface area (Å²) in [5.74, 6) is -0.883. The first-order valence-corrected chi connectivity index (χ1v) is 5.83. The number of nitrogens with one attached hydrogen (secondary N) is 2. The van der Waals surface area contributed by atoms with Crippen molar-refractivity contribution in [3.63, 3.8) is 0 Å². The Bertz CT molecular complexity index is 579. The highest BCUT2D eigenvalue weighted by atomic mass is 35.5. The molecule has 2 N–H and O–H groups in total. The van der Waals surface area contributed by atoms with E-state index in [2.05, 4.69) is 10.6 Å². The summed E-state index contributed by atoms with van der Waals surface area (Å²) in [5, 5.41) is 5.85. The van der Waals surface area contributed by atoms with Crippen LogP contribution in [0.15, 0.2) is 34.9 Å². The Morgan fingerprint density at radius 2 is 2.00 bits per heavy atom. The van der Waals surface area contributed by atoms with Gasteiger partial charge in [-0.3, -0.25) is 9.59 Å². The summed E-state index contributed by atoms with van der Waals surface area (Å²) in [6.07, 6.45) is 1.46. The maximum atomic E-state index is 11.6. The topological polar surface area (TPSA) is 71.3 Å². The highest BCUT2D eigenvalue weighted by Gasteiger charge is 2.09. The molecule has 0 saturated heterocycles. The van der Waals surface area contributed by atoms with Crippen molar-refractivity contribution in [2.24, 2.45) is 0 Å². The molecule has 0 bridgehead atoms. The molecular weight excluding hydrogens is 256 g/mol. The van der Waals surface area contributed by atoms with Gasteiger partial charge in [0.15, 0.2) is 0 Å². The smallest absolute Gasteiger partial charge is 0.243 e. The van der Waals surface area contributed by atoms with E-state index in [9.17, 15) is 9.59 Å². The zero-order valence-electron chi connectivity index (χ0n) is 9.40. The number of anilines is 1. The molecule has 0 aliphatic heterocycles. The van der Waals surface area contributed by atoms with Crippen LogP contribution in [0.25, 0.3) is 11.0 Å². The van der Waals surface area contributed by atoms with E-state index < -0.39 is 0 Å². The van der Waals surface area contributed by atoms with Crippen molar-refractivity contribution in [1.82, 2.24) is 5.32 Å². The van der Waals surface area contributed by atoms with Crippen molar-refractivity contribution in [2.75, 3.05) is 17.7 Å². The van der Waals surface area contributed by atoms with Gasteiger partial charge in [0.05, 0.1) is 12.2 Å². The Morgan fingerprint density at radius 3 is 2.78 bits per heavy atom. The third kappa shape index (κ3) is 2.81. The standard InChI is InChI=1S/C12H11ClN2O3/c13-5-11(16)14-6-12(17)15-9-7-18-10-4-2-1-3-8(9)10/h1-4,7H,5-6H2,(H,14,16)(H,15,17). The van der Waals surface area contributed by atoms with Gasteiger partial charge in [0, 0.05) is 5.39 Å². The summed E-state index contributed by atoms with van der Waals surface area (Å²) in [5.41, 5.74) is 1.27. The number of amides is 2. The number of benzene rings is 1. The number of rotatable bonds is 4. The summed E-state index contributed by atoms with van der Waals surface area (Å²) >= 11 is 5.30. The van der Waals surface area contributed by atoms with Crippen LogP contribution >= 0.6 is 11.6 Å². The lowest BCUT2D eigenvalue weighted by molar-refractivity contribution is -0.122. The molecule has 0 fully saturated rings. The zero-order chi connectivity index (χ0) is 13.0. The second-order valence-corrected chi connectivity index (χ2v) is 3.87. The van der Waals surface area contributed by atoms with E-state index in [-0.39, 0.29) is 24.2 Å². The third-order valence-electron chi connectivity index (χ3n) is 2.32. The second-order valence-electron chi connectivity index (χ2n) is 3.60. The van der Waals surface area contributed by atoms with Crippen LogP contribution in [-0.2, 0) is 9.59 Å².